The molecule has 0 saturated heterocycles. The fourth-order valence-corrected chi connectivity index (χ4v) is 1.64. The van der Waals surface area contributed by atoms with Crippen LogP contribution in [0.4, 0.5) is 4.39 Å². The number of halogens is 1. The van der Waals surface area contributed by atoms with Gasteiger partial charge in [0, 0.05) is 0 Å². The molecular weight excluding hydrogens is 175 g/mol. The Balaban J connectivity index is 2.71. The van der Waals surface area contributed by atoms with Gasteiger partial charge in [-0.25, -0.2) is 4.39 Å². The van der Waals surface area contributed by atoms with Crippen LogP contribution in [0.5, 0.6) is 0 Å². The molecule has 0 fully saturated rings. The molecule has 14 heavy (non-hydrogen) atoms. The van der Waals surface area contributed by atoms with Crippen LogP contribution in [0.1, 0.15) is 30.9 Å². The second-order valence-corrected chi connectivity index (χ2v) is 3.81. The summed E-state index contributed by atoms with van der Waals surface area (Å²) in [5.41, 5.74) is 3.18. The minimum absolute atomic E-state index is 0.149. The highest BCUT2D eigenvalue weighted by Gasteiger charge is 2.00. The summed E-state index contributed by atoms with van der Waals surface area (Å²) >= 11 is 0. The van der Waals surface area contributed by atoms with Crippen molar-refractivity contribution in [3.63, 3.8) is 0 Å². The van der Waals surface area contributed by atoms with Gasteiger partial charge in [0.25, 0.3) is 0 Å². The van der Waals surface area contributed by atoms with Crippen LogP contribution >= 0.6 is 0 Å². The lowest BCUT2D eigenvalue weighted by molar-refractivity contribution is 0.624. The third-order valence-electron chi connectivity index (χ3n) is 2.16. The molecule has 0 unspecified atom stereocenters. The molecular formula is C13H17F. The van der Waals surface area contributed by atoms with E-state index in [-0.39, 0.29) is 5.82 Å². The van der Waals surface area contributed by atoms with Crippen molar-refractivity contribution in [2.24, 2.45) is 0 Å². The average Bonchev–Trinajstić information content (AvgIpc) is 2.01. The predicted molar refractivity (Wildman–Crippen MR) is 58.9 cm³/mol. The molecule has 0 aliphatic heterocycles. The number of hydrogen-bond acceptors (Lipinski definition) is 0. The first kappa shape index (κ1) is 11.0. The third-order valence-corrected chi connectivity index (χ3v) is 2.16. The molecule has 0 spiro atoms. The van der Waals surface area contributed by atoms with Crippen LogP contribution < -0.4 is 0 Å². The minimum Gasteiger partial charge on any atom is -0.207 e. The van der Waals surface area contributed by atoms with E-state index in [9.17, 15) is 4.39 Å². The van der Waals surface area contributed by atoms with E-state index in [4.69, 9.17) is 0 Å². The second-order valence-electron chi connectivity index (χ2n) is 3.81. The van der Waals surface area contributed by atoms with Crippen LogP contribution in [0.15, 0.2) is 30.4 Å². The molecule has 0 radical (unpaired) electrons. The first-order chi connectivity index (χ1) is 6.61. The van der Waals surface area contributed by atoms with Gasteiger partial charge in [-0.2, -0.15) is 0 Å². The van der Waals surface area contributed by atoms with Crippen molar-refractivity contribution in [3.8, 4) is 0 Å². The Labute approximate surface area is 85.5 Å². The van der Waals surface area contributed by atoms with Gasteiger partial charge in [0.2, 0.25) is 0 Å². The smallest absolute Gasteiger partial charge is 0.123 e. The van der Waals surface area contributed by atoms with Crippen LogP contribution in [0, 0.1) is 12.7 Å². The minimum atomic E-state index is -0.149. The maximum absolute atomic E-state index is 13.0. The molecule has 0 saturated carbocycles. The van der Waals surface area contributed by atoms with Gasteiger partial charge in [0.05, 0.1) is 0 Å². The molecule has 76 valence electrons. The number of aryl methyl sites for hydroxylation is 1. The first-order valence-electron chi connectivity index (χ1n) is 5.04. The predicted octanol–water partition coefficient (Wildman–Crippen LogP) is 4.03. The molecule has 0 aromatic heterocycles. The van der Waals surface area contributed by atoms with Crippen molar-refractivity contribution in [3.05, 3.63) is 47.3 Å². The Morgan fingerprint density at radius 1 is 1.36 bits per heavy atom. The summed E-state index contributed by atoms with van der Waals surface area (Å²) in [6.45, 7) is 8.02. The molecule has 0 amide bonds. The van der Waals surface area contributed by atoms with Gasteiger partial charge < -0.3 is 0 Å². The standard InChI is InChI=1S/C13H17F/c1-4-5-10(2)6-12-7-11(3)8-13(14)9-12/h7-9H,2,4-6H2,1,3H3. The maximum Gasteiger partial charge on any atom is 0.123 e. The summed E-state index contributed by atoms with van der Waals surface area (Å²) in [4.78, 5) is 0. The first-order valence-corrected chi connectivity index (χ1v) is 5.04. The number of hydrogen-bond donors (Lipinski definition) is 0. The van der Waals surface area contributed by atoms with Crippen molar-refractivity contribution >= 4 is 0 Å². The van der Waals surface area contributed by atoms with Crippen molar-refractivity contribution < 1.29 is 4.39 Å². The van der Waals surface area contributed by atoms with Crippen molar-refractivity contribution in [2.75, 3.05) is 0 Å². The fraction of sp³-hybridized carbons (Fsp3) is 0.385. The molecule has 0 atom stereocenters. The molecule has 0 bridgehead atoms. The van der Waals surface area contributed by atoms with E-state index in [2.05, 4.69) is 13.5 Å². The zero-order chi connectivity index (χ0) is 10.6. The van der Waals surface area contributed by atoms with E-state index >= 15 is 0 Å². The van der Waals surface area contributed by atoms with Crippen molar-refractivity contribution in [2.45, 2.75) is 33.1 Å². The number of benzene rings is 1. The summed E-state index contributed by atoms with van der Waals surface area (Å²) in [6.07, 6.45) is 2.93. The average molecular weight is 192 g/mol. The van der Waals surface area contributed by atoms with Crippen LogP contribution in [-0.2, 0) is 6.42 Å². The van der Waals surface area contributed by atoms with E-state index in [1.165, 1.54) is 5.57 Å². The fourth-order valence-electron chi connectivity index (χ4n) is 1.64. The zero-order valence-electron chi connectivity index (χ0n) is 8.94. The monoisotopic (exact) mass is 192 g/mol. The topological polar surface area (TPSA) is 0 Å². The molecule has 1 aromatic rings. The van der Waals surface area contributed by atoms with Crippen LogP contribution in [0.3, 0.4) is 0 Å². The van der Waals surface area contributed by atoms with E-state index < -0.39 is 0 Å². The maximum atomic E-state index is 13.0. The molecule has 1 rings (SSSR count). The Morgan fingerprint density at radius 3 is 2.64 bits per heavy atom. The second kappa shape index (κ2) is 4.94. The van der Waals surface area contributed by atoms with E-state index in [0.717, 1.165) is 30.4 Å². The summed E-state index contributed by atoms with van der Waals surface area (Å²) in [5, 5.41) is 0. The lowest BCUT2D eigenvalue weighted by Crippen LogP contribution is -1.91. The Bertz CT molecular complexity index is 306. The van der Waals surface area contributed by atoms with Gasteiger partial charge in [-0.05, 0) is 43.0 Å². The molecule has 0 N–H and O–H groups in total. The quantitative estimate of drug-likeness (QED) is 0.632. The highest BCUT2D eigenvalue weighted by atomic mass is 19.1. The normalized spacial score (nSPS) is 10.2. The Kier molecular flexibility index (Phi) is 3.87. The highest BCUT2D eigenvalue weighted by Crippen LogP contribution is 2.14. The Morgan fingerprint density at radius 2 is 2.07 bits per heavy atom. The Hall–Kier alpha value is -1.11. The van der Waals surface area contributed by atoms with Crippen LogP contribution in [0.25, 0.3) is 0 Å². The van der Waals surface area contributed by atoms with Crippen LogP contribution in [-0.4, -0.2) is 0 Å². The van der Waals surface area contributed by atoms with Gasteiger partial charge in [0.15, 0.2) is 0 Å². The van der Waals surface area contributed by atoms with E-state index in [1.54, 1.807) is 12.1 Å². The van der Waals surface area contributed by atoms with Crippen molar-refractivity contribution in [1.82, 2.24) is 0 Å². The number of allylic oxidation sites excluding steroid dienone is 1. The largest absolute Gasteiger partial charge is 0.207 e. The highest BCUT2D eigenvalue weighted by molar-refractivity contribution is 5.26. The zero-order valence-corrected chi connectivity index (χ0v) is 8.94. The van der Waals surface area contributed by atoms with Gasteiger partial charge >= 0.3 is 0 Å². The molecule has 0 aliphatic carbocycles. The summed E-state index contributed by atoms with van der Waals surface area (Å²) < 4.78 is 13.0. The van der Waals surface area contributed by atoms with Crippen LogP contribution in [0.2, 0.25) is 0 Å². The molecule has 0 heterocycles. The van der Waals surface area contributed by atoms with Gasteiger partial charge in [0.1, 0.15) is 5.82 Å². The van der Waals surface area contributed by atoms with E-state index in [0.29, 0.717) is 0 Å². The third kappa shape index (κ3) is 3.33. The van der Waals surface area contributed by atoms with E-state index in [1.807, 2.05) is 13.0 Å². The lowest BCUT2D eigenvalue weighted by atomic mass is 10.0. The molecule has 1 heteroatoms. The molecule has 1 aromatic carbocycles. The summed E-state index contributed by atoms with van der Waals surface area (Å²) in [5.74, 6) is -0.149. The summed E-state index contributed by atoms with van der Waals surface area (Å²) in [6, 6.07) is 5.16. The molecule has 0 nitrogen and oxygen atoms in total. The van der Waals surface area contributed by atoms with Gasteiger partial charge in [-0.15, -0.1) is 0 Å². The van der Waals surface area contributed by atoms with Gasteiger partial charge in [-0.1, -0.05) is 31.6 Å². The summed E-state index contributed by atoms with van der Waals surface area (Å²) in [7, 11) is 0. The molecule has 0 aliphatic rings. The number of rotatable bonds is 4. The lowest BCUT2D eigenvalue weighted by Gasteiger charge is -2.05. The van der Waals surface area contributed by atoms with Gasteiger partial charge in [-0.3, -0.25) is 0 Å². The SMILES string of the molecule is C=C(CCC)Cc1cc(C)cc(F)c1. The van der Waals surface area contributed by atoms with Crippen molar-refractivity contribution in [1.29, 1.82) is 0 Å².